The van der Waals surface area contributed by atoms with Crippen LogP contribution < -0.4 is 11.1 Å². The molecule has 0 saturated carbocycles. The van der Waals surface area contributed by atoms with Crippen molar-refractivity contribution in [2.45, 2.75) is 39.3 Å². The molecule has 0 bridgehead atoms. The van der Waals surface area contributed by atoms with Gasteiger partial charge >= 0.3 is 8.80 Å². The number of nitrogens with one attached hydrogen (secondary N) is 1. The molecule has 1 unspecified atom stereocenters. The van der Waals surface area contributed by atoms with Gasteiger partial charge in [-0.05, 0) is 39.4 Å². The average molecular weight is 355 g/mol. The Labute approximate surface area is 139 Å². The maximum Gasteiger partial charge on any atom is 0.501 e. The zero-order valence-electron chi connectivity index (χ0n) is 13.8. The minimum absolute atomic E-state index is 0.167. The van der Waals surface area contributed by atoms with Crippen LogP contribution in [0.3, 0.4) is 0 Å². The summed E-state index contributed by atoms with van der Waals surface area (Å²) in [6.07, 6.45) is 0.107. The molecule has 0 aliphatic heterocycles. The lowest BCUT2D eigenvalue weighted by molar-refractivity contribution is 0.0345. The first-order valence-corrected chi connectivity index (χ1v) is 10.0. The first kappa shape index (κ1) is 21.7. The van der Waals surface area contributed by atoms with Crippen LogP contribution in [0, 0.1) is 0 Å². The topological polar surface area (TPSA) is 95.2 Å². The van der Waals surface area contributed by atoms with Crippen LogP contribution in [0.15, 0.2) is 0 Å². The smallest absolute Gasteiger partial charge is 0.389 e. The van der Waals surface area contributed by atoms with Crippen LogP contribution in [0.5, 0.6) is 0 Å². The molecule has 0 aliphatic carbocycles. The van der Waals surface area contributed by atoms with Gasteiger partial charge in [0.05, 0.1) is 12.7 Å². The van der Waals surface area contributed by atoms with Gasteiger partial charge in [-0.15, -0.1) is 0 Å². The highest BCUT2D eigenvalue weighted by Crippen LogP contribution is 2.18. The van der Waals surface area contributed by atoms with Crippen LogP contribution in [-0.4, -0.2) is 64.7 Å². The third-order valence-corrected chi connectivity index (χ3v) is 5.98. The summed E-state index contributed by atoms with van der Waals surface area (Å²) in [5, 5.41) is 12.5. The maximum absolute atomic E-state index is 9.64. The van der Waals surface area contributed by atoms with Crippen LogP contribution >= 0.6 is 12.2 Å². The van der Waals surface area contributed by atoms with Crippen molar-refractivity contribution in [2.75, 3.05) is 39.6 Å². The maximum atomic E-state index is 9.64. The van der Waals surface area contributed by atoms with E-state index in [4.69, 9.17) is 23.7 Å². The van der Waals surface area contributed by atoms with Gasteiger partial charge in [0.15, 0.2) is 5.11 Å². The fourth-order valence-corrected chi connectivity index (χ4v) is 4.55. The van der Waals surface area contributed by atoms with Crippen LogP contribution in [0.4, 0.5) is 0 Å². The molecule has 132 valence electrons. The monoisotopic (exact) mass is 354 g/mol. The lowest BCUT2D eigenvalue weighted by Crippen LogP contribution is -2.46. The Morgan fingerprint density at radius 3 is 2.18 bits per heavy atom. The fourth-order valence-electron chi connectivity index (χ4n) is 1.89. The Kier molecular flexibility index (Phi) is 13.0. The predicted molar refractivity (Wildman–Crippen MR) is 91.7 cm³/mol. The van der Waals surface area contributed by atoms with Crippen molar-refractivity contribution in [3.63, 3.8) is 0 Å². The lowest BCUT2D eigenvalue weighted by Gasteiger charge is -2.28. The van der Waals surface area contributed by atoms with Crippen molar-refractivity contribution in [3.8, 4) is 0 Å². The van der Waals surface area contributed by atoms with Gasteiger partial charge in [0, 0.05) is 39.0 Å². The molecule has 0 heterocycles. The van der Waals surface area contributed by atoms with Crippen LogP contribution in [-0.2, 0) is 18.0 Å². The lowest BCUT2D eigenvalue weighted by atomic mass is 10.4. The number of rotatable bonds is 14. The quantitative estimate of drug-likeness (QED) is 0.238. The molecule has 0 fully saturated rings. The molecule has 1 atom stereocenters. The Bertz CT molecular complexity index is 283. The first-order valence-electron chi connectivity index (χ1n) is 7.70. The second kappa shape index (κ2) is 13.2. The van der Waals surface area contributed by atoms with Gasteiger partial charge in [-0.1, -0.05) is 0 Å². The predicted octanol–water partition coefficient (Wildman–Crippen LogP) is 0.636. The standard InChI is InChI=1S/C13H30N2O5SSi/c1-4-18-22(19-5-2,20-6-3)9-7-8-17-11-12(16)10-15-13(14)21/h12,16H,4-11H2,1-3H3,(H3,14,15,21). The van der Waals surface area contributed by atoms with Gasteiger partial charge in [0.1, 0.15) is 0 Å². The average Bonchev–Trinajstić information content (AvgIpc) is 2.45. The van der Waals surface area contributed by atoms with E-state index in [1.807, 2.05) is 20.8 Å². The molecule has 0 saturated heterocycles. The Morgan fingerprint density at radius 2 is 1.73 bits per heavy atom. The van der Waals surface area contributed by atoms with E-state index in [1.165, 1.54) is 0 Å². The largest absolute Gasteiger partial charge is 0.501 e. The SMILES string of the molecule is CCO[Si](CCCOCC(O)CNC(N)=S)(OCC)OCC. The molecule has 0 radical (unpaired) electrons. The van der Waals surface area contributed by atoms with E-state index < -0.39 is 14.9 Å². The van der Waals surface area contributed by atoms with Crippen molar-refractivity contribution in [1.29, 1.82) is 0 Å². The molecule has 9 heteroatoms. The summed E-state index contributed by atoms with van der Waals surface area (Å²) in [5.74, 6) is 0. The number of aliphatic hydroxyl groups is 1. The van der Waals surface area contributed by atoms with Crippen molar-refractivity contribution in [2.24, 2.45) is 5.73 Å². The van der Waals surface area contributed by atoms with Crippen LogP contribution in [0.25, 0.3) is 0 Å². The molecule has 0 aromatic carbocycles. The van der Waals surface area contributed by atoms with E-state index >= 15 is 0 Å². The molecule has 0 aliphatic rings. The van der Waals surface area contributed by atoms with Gasteiger partial charge in [0.25, 0.3) is 0 Å². The zero-order chi connectivity index (χ0) is 16.8. The molecular weight excluding hydrogens is 324 g/mol. The molecule has 0 amide bonds. The third kappa shape index (κ3) is 10.4. The normalized spacial score (nSPS) is 13.1. The van der Waals surface area contributed by atoms with E-state index in [1.54, 1.807) is 0 Å². The molecule has 0 aromatic rings. The van der Waals surface area contributed by atoms with Crippen molar-refractivity contribution in [1.82, 2.24) is 5.32 Å². The first-order chi connectivity index (χ1) is 10.5. The molecule has 0 aromatic heterocycles. The van der Waals surface area contributed by atoms with Gasteiger partial charge in [0.2, 0.25) is 0 Å². The third-order valence-electron chi connectivity index (χ3n) is 2.69. The summed E-state index contributed by atoms with van der Waals surface area (Å²) in [5.41, 5.74) is 5.28. The molecule has 4 N–H and O–H groups in total. The molecular formula is C13H30N2O5SSi. The van der Waals surface area contributed by atoms with Crippen LogP contribution in [0.1, 0.15) is 27.2 Å². The summed E-state index contributed by atoms with van der Waals surface area (Å²) < 4.78 is 22.7. The van der Waals surface area contributed by atoms with E-state index in [0.717, 1.165) is 6.42 Å². The van der Waals surface area contributed by atoms with E-state index in [9.17, 15) is 5.11 Å². The number of thiocarbonyl (C=S) groups is 1. The highest BCUT2D eigenvalue weighted by Gasteiger charge is 2.39. The number of nitrogens with two attached hydrogens (primary N) is 1. The van der Waals surface area contributed by atoms with E-state index in [0.29, 0.717) is 32.5 Å². The van der Waals surface area contributed by atoms with Crippen LogP contribution in [0.2, 0.25) is 6.04 Å². The number of hydrogen-bond acceptors (Lipinski definition) is 6. The second-order valence-electron chi connectivity index (χ2n) is 4.56. The van der Waals surface area contributed by atoms with Gasteiger partial charge in [-0.25, -0.2) is 0 Å². The number of hydrogen-bond donors (Lipinski definition) is 3. The molecule has 0 rings (SSSR count). The van der Waals surface area contributed by atoms with Crippen molar-refractivity contribution < 1.29 is 23.1 Å². The highest BCUT2D eigenvalue weighted by atomic mass is 32.1. The summed E-state index contributed by atoms with van der Waals surface area (Å²) in [6.45, 7) is 8.51. The Morgan fingerprint density at radius 1 is 1.18 bits per heavy atom. The number of ether oxygens (including phenoxy) is 1. The summed E-state index contributed by atoms with van der Waals surface area (Å²) in [6, 6.07) is 0.698. The molecule has 22 heavy (non-hydrogen) atoms. The second-order valence-corrected chi connectivity index (χ2v) is 7.73. The van der Waals surface area contributed by atoms with Crippen molar-refractivity contribution in [3.05, 3.63) is 0 Å². The minimum Gasteiger partial charge on any atom is -0.389 e. The Balaban J connectivity index is 3.99. The van der Waals surface area contributed by atoms with E-state index in [-0.39, 0.29) is 18.3 Å². The summed E-state index contributed by atoms with van der Waals surface area (Å²) >= 11 is 4.66. The van der Waals surface area contributed by atoms with Gasteiger partial charge in [-0.3, -0.25) is 0 Å². The van der Waals surface area contributed by atoms with E-state index in [2.05, 4.69) is 17.5 Å². The van der Waals surface area contributed by atoms with Crippen molar-refractivity contribution >= 4 is 26.1 Å². The molecule has 7 nitrogen and oxygen atoms in total. The summed E-state index contributed by atoms with van der Waals surface area (Å²) in [4.78, 5) is 0. The Hall–Kier alpha value is -0.293. The zero-order valence-corrected chi connectivity index (χ0v) is 15.6. The highest BCUT2D eigenvalue weighted by molar-refractivity contribution is 7.80. The van der Waals surface area contributed by atoms with Gasteiger partial charge in [-0.2, -0.15) is 0 Å². The number of aliphatic hydroxyl groups excluding tert-OH is 1. The minimum atomic E-state index is -2.59. The summed E-state index contributed by atoms with van der Waals surface area (Å²) in [7, 11) is -2.59. The fraction of sp³-hybridized carbons (Fsp3) is 0.923. The van der Waals surface area contributed by atoms with Gasteiger partial charge < -0.3 is 34.2 Å². The molecule has 0 spiro atoms.